The van der Waals surface area contributed by atoms with Crippen molar-refractivity contribution in [1.29, 1.82) is 0 Å². The lowest BCUT2D eigenvalue weighted by Gasteiger charge is -2.19. The van der Waals surface area contributed by atoms with E-state index in [9.17, 15) is 43.8 Å². The van der Waals surface area contributed by atoms with Gasteiger partial charge in [0.1, 0.15) is 31.5 Å². The second kappa shape index (κ2) is 40.5. The molecule has 0 fully saturated rings. The third-order valence-electron chi connectivity index (χ3n) is 7.95. The van der Waals surface area contributed by atoms with Crippen LogP contribution in [0.2, 0.25) is 0 Å². The molecule has 0 aliphatic rings. The number of unbranched alkanes of at least 4 members (excludes halogenated alkanes) is 8. The van der Waals surface area contributed by atoms with Crippen LogP contribution in [0, 0.1) is 0 Å². The van der Waals surface area contributed by atoms with Gasteiger partial charge in [-0.2, -0.15) is 0 Å². The van der Waals surface area contributed by atoms with E-state index in [4.69, 9.17) is 9.47 Å². The molecule has 0 radical (unpaired) electrons. The van der Waals surface area contributed by atoms with Crippen LogP contribution < -0.4 is 0 Å². The van der Waals surface area contributed by atoms with Crippen LogP contribution in [-0.2, 0) is 46.3 Å². The van der Waals surface area contributed by atoms with Crippen molar-refractivity contribution in [3.05, 3.63) is 109 Å². The number of hydrogen-bond donors (Lipinski definition) is 5. The number of carbonyl (C=O) groups is 2. The van der Waals surface area contributed by atoms with E-state index in [1.54, 1.807) is 0 Å². The molecule has 17 heteroatoms. The van der Waals surface area contributed by atoms with Crippen molar-refractivity contribution in [1.82, 2.24) is 0 Å². The Labute approximate surface area is 369 Å². The SMILES string of the molecule is CC/C=C/C=C/C=C\C=C/C=C/CCCCCC(=O)OCC(O)COP(=O)(O)OCC(O)COP(=O)(O)OCC(O)COC(=O)CCCCCCC\C=C/C=C/C=C/C=C/CC. The third-order valence-corrected chi connectivity index (χ3v) is 9.85. The quantitative estimate of drug-likeness (QED) is 0.0168. The molecule has 352 valence electrons. The van der Waals surface area contributed by atoms with E-state index in [1.807, 2.05) is 91.1 Å². The summed E-state index contributed by atoms with van der Waals surface area (Å²) in [5, 5.41) is 29.9. The molecule has 0 spiro atoms. The van der Waals surface area contributed by atoms with Gasteiger partial charge in [-0.25, -0.2) is 9.13 Å². The number of phosphoric ester groups is 2. The zero-order valence-corrected chi connectivity index (χ0v) is 38.3. The highest BCUT2D eigenvalue weighted by atomic mass is 31.2. The Bertz CT molecular complexity index is 1530. The van der Waals surface area contributed by atoms with Crippen molar-refractivity contribution in [3.63, 3.8) is 0 Å². The first-order valence-electron chi connectivity index (χ1n) is 21.4. The average Bonchev–Trinajstić information content (AvgIpc) is 3.24. The lowest BCUT2D eigenvalue weighted by molar-refractivity contribution is -0.148. The number of allylic oxidation sites excluding steroid dienone is 18. The number of phosphoric acid groups is 2. The van der Waals surface area contributed by atoms with E-state index in [1.165, 1.54) is 0 Å². The lowest BCUT2D eigenvalue weighted by Crippen LogP contribution is -2.25. The number of ether oxygens (including phenoxy) is 2. The first-order chi connectivity index (χ1) is 29.8. The maximum Gasteiger partial charge on any atom is 0.472 e. The van der Waals surface area contributed by atoms with E-state index >= 15 is 0 Å². The van der Waals surface area contributed by atoms with Crippen LogP contribution in [0.5, 0.6) is 0 Å². The minimum atomic E-state index is -4.80. The van der Waals surface area contributed by atoms with Gasteiger partial charge in [-0.15, -0.1) is 0 Å². The first-order valence-corrected chi connectivity index (χ1v) is 24.3. The van der Waals surface area contributed by atoms with Crippen molar-refractivity contribution >= 4 is 27.6 Å². The fourth-order valence-electron chi connectivity index (χ4n) is 4.65. The molecule has 62 heavy (non-hydrogen) atoms. The summed E-state index contributed by atoms with van der Waals surface area (Å²) in [6.07, 6.45) is 42.3. The molecule has 0 rings (SSSR count). The van der Waals surface area contributed by atoms with Crippen LogP contribution in [0.25, 0.3) is 0 Å². The molecule has 0 heterocycles. The van der Waals surface area contributed by atoms with Gasteiger partial charge >= 0.3 is 27.6 Å². The standard InChI is InChI=1S/C45H72O15P2/c1-3-5-7-9-11-13-15-17-19-21-23-25-27-29-31-33-44(49)55-35-41(46)37-57-61(51,52)59-39-43(48)40-60-62(53,54)58-38-42(47)36-56-45(50)34-32-30-28-26-24-22-20-18-16-14-12-10-8-6-4-2/h5-21,23,41-43,46-48H,3-4,22,24-40H2,1-2H3,(H,51,52)(H,53,54)/b7-5+,8-6+,11-9+,12-10+,15-13-,16-14+,19-17-,20-18-,23-21+. The molecule has 0 aliphatic heterocycles. The average molecular weight is 915 g/mol. The van der Waals surface area contributed by atoms with Gasteiger partial charge in [-0.3, -0.25) is 27.7 Å². The Kier molecular flexibility index (Phi) is 38.3. The fourth-order valence-corrected chi connectivity index (χ4v) is 6.24. The highest BCUT2D eigenvalue weighted by Gasteiger charge is 2.28. The number of rotatable bonds is 39. The van der Waals surface area contributed by atoms with Crippen molar-refractivity contribution in [2.45, 2.75) is 122 Å². The van der Waals surface area contributed by atoms with Gasteiger partial charge in [0.05, 0.1) is 26.4 Å². The highest BCUT2D eigenvalue weighted by Crippen LogP contribution is 2.45. The number of esters is 2. The Morgan fingerprint density at radius 3 is 1.05 bits per heavy atom. The normalized spacial score (nSPS) is 16.3. The molecule has 0 saturated carbocycles. The van der Waals surface area contributed by atoms with Crippen LogP contribution in [0.3, 0.4) is 0 Å². The second-order valence-corrected chi connectivity index (χ2v) is 16.7. The smallest absolute Gasteiger partial charge is 0.463 e. The van der Waals surface area contributed by atoms with Gasteiger partial charge in [0.15, 0.2) is 0 Å². The summed E-state index contributed by atoms with van der Waals surface area (Å²) in [6, 6.07) is 0. The molecular weight excluding hydrogens is 842 g/mol. The summed E-state index contributed by atoms with van der Waals surface area (Å²) in [7, 11) is -9.60. The monoisotopic (exact) mass is 914 g/mol. The molecule has 5 atom stereocenters. The summed E-state index contributed by atoms with van der Waals surface area (Å²) in [4.78, 5) is 43.6. The number of aliphatic hydroxyl groups is 3. The van der Waals surface area contributed by atoms with Crippen LogP contribution >= 0.6 is 15.6 Å². The molecule has 0 aromatic carbocycles. The van der Waals surface area contributed by atoms with Crippen LogP contribution in [-0.4, -0.2) is 95.0 Å². The lowest BCUT2D eigenvalue weighted by atomic mass is 10.1. The zero-order valence-electron chi connectivity index (χ0n) is 36.5. The fraction of sp³-hybridized carbons (Fsp3) is 0.556. The molecule has 0 aliphatic carbocycles. The van der Waals surface area contributed by atoms with Gasteiger partial charge in [0, 0.05) is 12.8 Å². The Balaban J connectivity index is 4.02. The van der Waals surface area contributed by atoms with Gasteiger partial charge < -0.3 is 34.6 Å². The molecule has 5 unspecified atom stereocenters. The number of carbonyl (C=O) groups excluding carboxylic acids is 2. The Morgan fingerprint density at radius 2 is 0.694 bits per heavy atom. The molecule has 15 nitrogen and oxygen atoms in total. The summed E-state index contributed by atoms with van der Waals surface area (Å²) in [5.41, 5.74) is 0. The molecule has 5 N–H and O–H groups in total. The zero-order chi connectivity index (χ0) is 46.0. The Hall–Kier alpha value is -3.30. The molecule has 0 saturated heterocycles. The van der Waals surface area contributed by atoms with Crippen molar-refractivity contribution < 1.29 is 71.4 Å². The number of hydrogen-bond acceptors (Lipinski definition) is 13. The van der Waals surface area contributed by atoms with Crippen LogP contribution in [0.4, 0.5) is 0 Å². The summed E-state index contributed by atoms with van der Waals surface area (Å²) in [5.74, 6) is -1.07. The van der Waals surface area contributed by atoms with Gasteiger partial charge in [-0.1, -0.05) is 149 Å². The van der Waals surface area contributed by atoms with E-state index < -0.39 is 85.5 Å². The van der Waals surface area contributed by atoms with Crippen molar-refractivity contribution in [2.75, 3.05) is 39.6 Å². The first kappa shape index (κ1) is 58.7. The minimum Gasteiger partial charge on any atom is -0.463 e. The highest BCUT2D eigenvalue weighted by molar-refractivity contribution is 7.47. The maximum atomic E-state index is 12.1. The van der Waals surface area contributed by atoms with Crippen molar-refractivity contribution in [2.24, 2.45) is 0 Å². The predicted molar refractivity (Wildman–Crippen MR) is 242 cm³/mol. The summed E-state index contributed by atoms with van der Waals surface area (Å²) in [6.45, 7) is -0.00307. The van der Waals surface area contributed by atoms with E-state index in [-0.39, 0.29) is 12.8 Å². The second-order valence-electron chi connectivity index (χ2n) is 13.8. The Morgan fingerprint density at radius 1 is 0.419 bits per heavy atom. The van der Waals surface area contributed by atoms with Gasteiger partial charge in [0.25, 0.3) is 0 Å². The largest absolute Gasteiger partial charge is 0.472 e. The van der Waals surface area contributed by atoms with Crippen molar-refractivity contribution in [3.8, 4) is 0 Å². The molecule has 0 amide bonds. The molecule has 0 aromatic heterocycles. The topological polar surface area (TPSA) is 225 Å². The third kappa shape index (κ3) is 42.0. The minimum absolute atomic E-state index is 0.141. The molecular formula is C45H72O15P2. The van der Waals surface area contributed by atoms with E-state index in [0.717, 1.165) is 64.2 Å². The van der Waals surface area contributed by atoms with Gasteiger partial charge in [0.2, 0.25) is 0 Å². The van der Waals surface area contributed by atoms with Crippen LogP contribution in [0.15, 0.2) is 109 Å². The molecule has 0 aromatic rings. The summed E-state index contributed by atoms with van der Waals surface area (Å²) < 4.78 is 52.8. The van der Waals surface area contributed by atoms with E-state index in [0.29, 0.717) is 12.8 Å². The summed E-state index contributed by atoms with van der Waals surface area (Å²) >= 11 is 0. The maximum absolute atomic E-state index is 12.1. The van der Waals surface area contributed by atoms with Crippen LogP contribution in [0.1, 0.15) is 104 Å². The number of aliphatic hydroxyl groups excluding tert-OH is 3. The van der Waals surface area contributed by atoms with Gasteiger partial charge in [-0.05, 0) is 51.4 Å². The predicted octanol–water partition coefficient (Wildman–Crippen LogP) is 8.93. The molecule has 0 bridgehead atoms. The van der Waals surface area contributed by atoms with E-state index in [2.05, 4.69) is 50.2 Å².